The molecule has 2 aromatic carbocycles. The van der Waals surface area contributed by atoms with Gasteiger partial charge in [0.05, 0.1) is 15.7 Å². The molecule has 0 atom stereocenters. The van der Waals surface area contributed by atoms with Crippen LogP contribution in [0.3, 0.4) is 0 Å². The first-order valence-electron chi connectivity index (χ1n) is 8.26. The van der Waals surface area contributed by atoms with E-state index >= 15 is 0 Å². The number of aryl methyl sites for hydroxylation is 1. The number of para-hydroxylation sites is 1. The van der Waals surface area contributed by atoms with Crippen molar-refractivity contribution in [3.63, 3.8) is 0 Å². The smallest absolute Gasteiger partial charge is 0.262 e. The number of rotatable bonds is 5. The third-order valence-electron chi connectivity index (χ3n) is 3.38. The topological polar surface area (TPSA) is 67.4 Å². The van der Waals surface area contributed by atoms with Gasteiger partial charge in [0.1, 0.15) is 5.75 Å². The third-order valence-corrected chi connectivity index (χ3v) is 4.00. The van der Waals surface area contributed by atoms with E-state index in [1.807, 2.05) is 39.8 Å². The second-order valence-corrected chi connectivity index (χ2v) is 7.87. The molecular weight excluding hydrogens is 396 g/mol. The molecule has 2 rings (SSSR count). The van der Waals surface area contributed by atoms with Crippen LogP contribution in [0.1, 0.15) is 36.7 Å². The lowest BCUT2D eigenvalue weighted by molar-refractivity contribution is -0.118. The molecule has 0 spiro atoms. The number of carbonyl (C=O) groups is 2. The van der Waals surface area contributed by atoms with Gasteiger partial charge in [0.2, 0.25) is 0 Å². The molecule has 0 aliphatic heterocycles. The van der Waals surface area contributed by atoms with Crippen molar-refractivity contribution in [3.05, 3.63) is 58.1 Å². The number of benzene rings is 2. The van der Waals surface area contributed by atoms with Crippen LogP contribution in [0.25, 0.3) is 0 Å². The number of hydrogen-bond acceptors (Lipinski definition) is 3. The molecule has 0 aliphatic carbocycles. The van der Waals surface area contributed by atoms with Crippen molar-refractivity contribution in [2.24, 2.45) is 0 Å². The predicted octanol–water partition coefficient (Wildman–Crippen LogP) is 4.30. The van der Waals surface area contributed by atoms with Gasteiger partial charge in [-0.1, -0.05) is 18.2 Å². The van der Waals surface area contributed by atoms with Crippen LogP contribution in [0, 0.1) is 6.92 Å². The van der Waals surface area contributed by atoms with Crippen LogP contribution in [-0.4, -0.2) is 24.0 Å². The first kappa shape index (κ1) is 20.0. The number of hydrogen-bond donors (Lipinski definition) is 2. The highest BCUT2D eigenvalue weighted by Crippen LogP contribution is 2.25. The van der Waals surface area contributed by atoms with E-state index < -0.39 is 0 Å². The molecule has 2 amide bonds. The summed E-state index contributed by atoms with van der Waals surface area (Å²) in [4.78, 5) is 24.7. The summed E-state index contributed by atoms with van der Waals surface area (Å²) in [6.07, 6.45) is 0. The molecule has 6 heteroatoms. The van der Waals surface area contributed by atoms with Gasteiger partial charge in [-0.3, -0.25) is 9.59 Å². The maximum Gasteiger partial charge on any atom is 0.262 e. The number of amides is 2. The molecule has 0 unspecified atom stereocenters. The van der Waals surface area contributed by atoms with Crippen molar-refractivity contribution >= 4 is 33.4 Å². The lowest BCUT2D eigenvalue weighted by Gasteiger charge is -2.21. The van der Waals surface area contributed by atoms with E-state index in [1.165, 1.54) is 0 Å². The Hall–Kier alpha value is -2.34. The summed E-state index contributed by atoms with van der Waals surface area (Å²) in [7, 11) is 0. The molecule has 0 heterocycles. The highest BCUT2D eigenvalue weighted by Gasteiger charge is 2.18. The van der Waals surface area contributed by atoms with Crippen molar-refractivity contribution < 1.29 is 14.3 Å². The molecule has 0 aliphatic rings. The van der Waals surface area contributed by atoms with Gasteiger partial charge in [0, 0.05) is 5.54 Å². The molecule has 0 radical (unpaired) electrons. The van der Waals surface area contributed by atoms with Crippen LogP contribution in [-0.2, 0) is 4.79 Å². The van der Waals surface area contributed by atoms with Crippen LogP contribution >= 0.6 is 15.9 Å². The standard InChI is InChI=1S/C20H23BrN2O3/c1-13-9-10-17(15(21)11-13)26-12-18(24)22-16-8-6-5-7-14(16)19(25)23-20(2,3)4/h5-11H,12H2,1-4H3,(H,22,24)(H,23,25). The summed E-state index contributed by atoms with van der Waals surface area (Å²) < 4.78 is 6.33. The second kappa shape index (κ2) is 8.36. The van der Waals surface area contributed by atoms with Crippen LogP contribution in [0.5, 0.6) is 5.75 Å². The number of ether oxygens (including phenoxy) is 1. The van der Waals surface area contributed by atoms with Gasteiger partial charge in [0.25, 0.3) is 11.8 Å². The number of anilines is 1. The minimum Gasteiger partial charge on any atom is -0.483 e. The van der Waals surface area contributed by atoms with Gasteiger partial charge in [-0.15, -0.1) is 0 Å². The molecular formula is C20H23BrN2O3. The van der Waals surface area contributed by atoms with E-state index in [0.717, 1.165) is 10.0 Å². The van der Waals surface area contributed by atoms with E-state index in [0.29, 0.717) is 17.0 Å². The van der Waals surface area contributed by atoms with Gasteiger partial charge >= 0.3 is 0 Å². The van der Waals surface area contributed by atoms with E-state index in [-0.39, 0.29) is 24.0 Å². The Bertz CT molecular complexity index is 813. The molecule has 0 saturated carbocycles. The Labute approximate surface area is 162 Å². The predicted molar refractivity (Wildman–Crippen MR) is 107 cm³/mol. The van der Waals surface area contributed by atoms with Crippen LogP contribution in [0.2, 0.25) is 0 Å². The first-order chi connectivity index (χ1) is 12.2. The van der Waals surface area contributed by atoms with Gasteiger partial charge in [-0.25, -0.2) is 0 Å². The Morgan fingerprint density at radius 3 is 2.46 bits per heavy atom. The number of halogens is 1. The summed E-state index contributed by atoms with van der Waals surface area (Å²) in [5, 5.41) is 5.63. The van der Waals surface area contributed by atoms with E-state index in [1.54, 1.807) is 30.3 Å². The van der Waals surface area contributed by atoms with Gasteiger partial charge in [-0.2, -0.15) is 0 Å². The molecule has 0 bridgehead atoms. The van der Waals surface area contributed by atoms with Crippen LogP contribution in [0.4, 0.5) is 5.69 Å². The monoisotopic (exact) mass is 418 g/mol. The van der Waals surface area contributed by atoms with Crippen molar-refractivity contribution in [1.29, 1.82) is 0 Å². The summed E-state index contributed by atoms with van der Waals surface area (Å²) in [6.45, 7) is 7.52. The summed E-state index contributed by atoms with van der Waals surface area (Å²) in [5.41, 5.74) is 1.58. The van der Waals surface area contributed by atoms with Crippen molar-refractivity contribution in [3.8, 4) is 5.75 Å². The number of nitrogens with one attached hydrogen (secondary N) is 2. The quantitative estimate of drug-likeness (QED) is 0.760. The van der Waals surface area contributed by atoms with Crippen molar-refractivity contribution in [1.82, 2.24) is 5.32 Å². The fraction of sp³-hybridized carbons (Fsp3) is 0.300. The van der Waals surface area contributed by atoms with E-state index in [4.69, 9.17) is 4.74 Å². The molecule has 138 valence electrons. The normalized spacial score (nSPS) is 11.0. The Kier molecular flexibility index (Phi) is 6.42. The Morgan fingerprint density at radius 1 is 1.12 bits per heavy atom. The first-order valence-corrected chi connectivity index (χ1v) is 9.05. The maximum absolute atomic E-state index is 12.4. The molecule has 2 aromatic rings. The zero-order chi connectivity index (χ0) is 19.3. The molecule has 0 saturated heterocycles. The second-order valence-electron chi connectivity index (χ2n) is 7.02. The van der Waals surface area contributed by atoms with Crippen LogP contribution in [0.15, 0.2) is 46.9 Å². The zero-order valence-corrected chi connectivity index (χ0v) is 16.9. The van der Waals surface area contributed by atoms with Gasteiger partial charge in [-0.05, 0) is 73.5 Å². The van der Waals surface area contributed by atoms with E-state index in [2.05, 4.69) is 26.6 Å². The minimum atomic E-state index is -0.366. The average molecular weight is 419 g/mol. The third kappa shape index (κ3) is 5.88. The molecule has 0 fully saturated rings. The van der Waals surface area contributed by atoms with Crippen molar-refractivity contribution in [2.45, 2.75) is 33.2 Å². The average Bonchev–Trinajstić information content (AvgIpc) is 2.53. The molecule has 26 heavy (non-hydrogen) atoms. The minimum absolute atomic E-state index is 0.156. The highest BCUT2D eigenvalue weighted by atomic mass is 79.9. The number of carbonyl (C=O) groups excluding carboxylic acids is 2. The molecule has 5 nitrogen and oxygen atoms in total. The van der Waals surface area contributed by atoms with Gasteiger partial charge in [0.15, 0.2) is 6.61 Å². The summed E-state index contributed by atoms with van der Waals surface area (Å²) in [6, 6.07) is 12.5. The summed E-state index contributed by atoms with van der Waals surface area (Å²) in [5.74, 6) is 0.00796. The fourth-order valence-electron chi connectivity index (χ4n) is 2.25. The highest BCUT2D eigenvalue weighted by molar-refractivity contribution is 9.10. The zero-order valence-electron chi connectivity index (χ0n) is 15.4. The Balaban J connectivity index is 2.04. The van der Waals surface area contributed by atoms with E-state index in [9.17, 15) is 9.59 Å². The summed E-state index contributed by atoms with van der Waals surface area (Å²) >= 11 is 3.41. The molecule has 2 N–H and O–H groups in total. The fourth-order valence-corrected chi connectivity index (χ4v) is 2.86. The van der Waals surface area contributed by atoms with Crippen molar-refractivity contribution in [2.75, 3.05) is 11.9 Å². The lowest BCUT2D eigenvalue weighted by Crippen LogP contribution is -2.41. The SMILES string of the molecule is Cc1ccc(OCC(=O)Nc2ccccc2C(=O)NC(C)(C)C)c(Br)c1. The largest absolute Gasteiger partial charge is 0.483 e. The van der Waals surface area contributed by atoms with Crippen LogP contribution < -0.4 is 15.4 Å². The lowest BCUT2D eigenvalue weighted by atomic mass is 10.1. The maximum atomic E-state index is 12.4. The van der Waals surface area contributed by atoms with Gasteiger partial charge < -0.3 is 15.4 Å². The Morgan fingerprint density at radius 2 is 1.81 bits per heavy atom. The molecule has 0 aromatic heterocycles.